The molecule has 0 amide bonds. The number of methoxy groups -OCH3 is 1. The Morgan fingerprint density at radius 2 is 1.71 bits per heavy atom. The Morgan fingerprint density at radius 1 is 0.943 bits per heavy atom. The third-order valence-corrected chi connectivity index (χ3v) is 8.78. The highest BCUT2D eigenvalue weighted by molar-refractivity contribution is 6.11. The van der Waals surface area contributed by atoms with Gasteiger partial charge in [-0.25, -0.2) is 0 Å². The molecule has 3 atom stereocenters. The van der Waals surface area contributed by atoms with Crippen molar-refractivity contribution in [3.8, 4) is 5.75 Å². The minimum Gasteiger partial charge on any atom is -0.495 e. The fourth-order valence-corrected chi connectivity index (χ4v) is 6.86. The average molecular weight is 471 g/mol. The number of ether oxygens (including phenoxy) is 1. The summed E-state index contributed by atoms with van der Waals surface area (Å²) in [7, 11) is 1.73. The molecule has 2 saturated heterocycles. The van der Waals surface area contributed by atoms with Crippen molar-refractivity contribution in [1.29, 1.82) is 0 Å². The zero-order valence-electron chi connectivity index (χ0n) is 21.0. The van der Waals surface area contributed by atoms with Crippen LogP contribution < -0.4 is 4.74 Å². The zero-order chi connectivity index (χ0) is 23.8. The van der Waals surface area contributed by atoms with Crippen LogP contribution in [0, 0.1) is 11.8 Å². The number of aryl methyl sites for hydroxylation is 2. The van der Waals surface area contributed by atoms with Gasteiger partial charge in [-0.1, -0.05) is 42.5 Å². The van der Waals surface area contributed by atoms with E-state index in [1.165, 1.54) is 44.1 Å². The molecule has 1 saturated carbocycles. The summed E-state index contributed by atoms with van der Waals surface area (Å²) in [4.78, 5) is 15.8. The van der Waals surface area contributed by atoms with E-state index in [1.807, 2.05) is 12.1 Å². The lowest BCUT2D eigenvalue weighted by Crippen LogP contribution is -2.43. The Labute approximate surface area is 209 Å². The number of carbonyl (C=O) groups is 1. The summed E-state index contributed by atoms with van der Waals surface area (Å²) in [6, 6.07) is 18.6. The summed E-state index contributed by atoms with van der Waals surface area (Å²) < 4.78 is 7.99. The maximum atomic E-state index is 13.0. The molecule has 3 aliphatic rings. The SMILES string of the molecule is COc1cccc2c(C(=O)C3CC3)cn(CCCN3C4CC[C@@H]3CC(CCc3ccccc3)C4)c12. The maximum Gasteiger partial charge on any atom is 0.168 e. The van der Waals surface area contributed by atoms with E-state index in [0.717, 1.165) is 72.6 Å². The van der Waals surface area contributed by atoms with E-state index in [-0.39, 0.29) is 5.92 Å². The largest absolute Gasteiger partial charge is 0.495 e. The second kappa shape index (κ2) is 9.81. The number of rotatable bonds is 10. The first kappa shape index (κ1) is 22.8. The smallest absolute Gasteiger partial charge is 0.168 e. The lowest BCUT2D eigenvalue weighted by atomic mass is 9.86. The van der Waals surface area contributed by atoms with Gasteiger partial charge < -0.3 is 9.30 Å². The maximum absolute atomic E-state index is 13.0. The topological polar surface area (TPSA) is 34.5 Å². The van der Waals surface area contributed by atoms with Crippen LogP contribution in [0.25, 0.3) is 10.9 Å². The van der Waals surface area contributed by atoms with Crippen LogP contribution in [0.5, 0.6) is 5.75 Å². The predicted octanol–water partition coefficient (Wildman–Crippen LogP) is 6.51. The molecule has 6 rings (SSSR count). The highest BCUT2D eigenvalue weighted by Crippen LogP contribution is 2.41. The molecule has 2 unspecified atom stereocenters. The number of carbonyl (C=O) groups excluding carboxylic acids is 1. The molecule has 0 N–H and O–H groups in total. The number of Topliss-reactive ketones (excluding diaryl/α,β-unsaturated/α-hetero) is 1. The zero-order valence-corrected chi connectivity index (χ0v) is 21.0. The van der Waals surface area contributed by atoms with E-state index in [2.05, 4.69) is 52.1 Å². The van der Waals surface area contributed by atoms with E-state index in [9.17, 15) is 4.79 Å². The molecule has 3 aromatic rings. The van der Waals surface area contributed by atoms with Gasteiger partial charge in [-0.05, 0) is 75.3 Å². The van der Waals surface area contributed by atoms with Gasteiger partial charge in [-0.3, -0.25) is 9.69 Å². The number of benzene rings is 2. The number of aromatic nitrogens is 1. The molecular weight excluding hydrogens is 432 g/mol. The molecule has 3 heterocycles. The van der Waals surface area contributed by atoms with Crippen LogP contribution in [0.4, 0.5) is 0 Å². The van der Waals surface area contributed by atoms with Crippen molar-refractivity contribution in [2.75, 3.05) is 13.7 Å². The Morgan fingerprint density at radius 3 is 2.43 bits per heavy atom. The van der Waals surface area contributed by atoms with Crippen molar-refractivity contribution in [3.05, 3.63) is 65.9 Å². The number of piperidine rings is 1. The molecule has 4 nitrogen and oxygen atoms in total. The lowest BCUT2D eigenvalue weighted by molar-refractivity contribution is 0.0968. The Hall–Kier alpha value is -2.59. The first-order valence-corrected chi connectivity index (χ1v) is 13.7. The van der Waals surface area contributed by atoms with Crippen molar-refractivity contribution in [2.45, 2.75) is 76.4 Å². The first-order valence-electron chi connectivity index (χ1n) is 13.7. The van der Waals surface area contributed by atoms with Crippen molar-refractivity contribution >= 4 is 16.7 Å². The minimum absolute atomic E-state index is 0.235. The minimum atomic E-state index is 0.235. The summed E-state index contributed by atoms with van der Waals surface area (Å²) in [5.74, 6) is 2.30. The quantitative estimate of drug-likeness (QED) is 0.317. The van der Waals surface area contributed by atoms with E-state index < -0.39 is 0 Å². The summed E-state index contributed by atoms with van der Waals surface area (Å²) >= 11 is 0. The molecular formula is C31H38N2O2. The summed E-state index contributed by atoms with van der Waals surface area (Å²) in [6.07, 6.45) is 13.3. The van der Waals surface area contributed by atoms with Gasteiger partial charge in [0.25, 0.3) is 0 Å². The second-order valence-electron chi connectivity index (χ2n) is 11.1. The van der Waals surface area contributed by atoms with Gasteiger partial charge in [-0.15, -0.1) is 0 Å². The van der Waals surface area contributed by atoms with Gasteiger partial charge in [-0.2, -0.15) is 0 Å². The number of para-hydroxylation sites is 1. The van der Waals surface area contributed by atoms with Gasteiger partial charge in [0.15, 0.2) is 5.78 Å². The molecule has 1 aromatic heterocycles. The summed E-state index contributed by atoms with van der Waals surface area (Å²) in [6.45, 7) is 2.09. The molecule has 0 radical (unpaired) electrons. The number of hydrogen-bond donors (Lipinski definition) is 0. The molecule has 2 bridgehead atoms. The third-order valence-electron chi connectivity index (χ3n) is 8.78. The van der Waals surface area contributed by atoms with Crippen LogP contribution in [-0.2, 0) is 13.0 Å². The van der Waals surface area contributed by atoms with E-state index >= 15 is 0 Å². The molecule has 35 heavy (non-hydrogen) atoms. The molecule has 1 aliphatic carbocycles. The monoisotopic (exact) mass is 470 g/mol. The average Bonchev–Trinajstić information content (AvgIpc) is 3.64. The fourth-order valence-electron chi connectivity index (χ4n) is 6.86. The second-order valence-corrected chi connectivity index (χ2v) is 11.1. The number of ketones is 1. The standard InChI is InChI=1S/C31H38N2O2/c1-35-29-10-5-9-27-28(31(34)24-13-14-24)21-32(30(27)29)17-6-18-33-25-15-16-26(33)20-23(19-25)12-11-22-7-3-2-4-8-22/h2-5,7-10,21,23-26H,6,11-20H2,1H3/t23?,25-,26?/m1/s1. The summed E-state index contributed by atoms with van der Waals surface area (Å²) in [5.41, 5.74) is 3.46. The molecule has 3 fully saturated rings. The Kier molecular flexibility index (Phi) is 6.40. The molecule has 184 valence electrons. The fraction of sp³-hybridized carbons (Fsp3) is 0.516. The molecule has 0 spiro atoms. The van der Waals surface area contributed by atoms with Crippen molar-refractivity contribution < 1.29 is 9.53 Å². The van der Waals surface area contributed by atoms with Crippen LogP contribution in [0.15, 0.2) is 54.7 Å². The van der Waals surface area contributed by atoms with Gasteiger partial charge in [0.2, 0.25) is 0 Å². The molecule has 2 aromatic carbocycles. The van der Waals surface area contributed by atoms with Gasteiger partial charge in [0, 0.05) is 48.2 Å². The highest BCUT2D eigenvalue weighted by atomic mass is 16.5. The van der Waals surface area contributed by atoms with Gasteiger partial charge in [0.1, 0.15) is 5.75 Å². The molecule has 4 heteroatoms. The van der Waals surface area contributed by atoms with Crippen LogP contribution in [-0.4, -0.2) is 41.0 Å². The first-order chi connectivity index (χ1) is 17.2. The number of hydrogen-bond acceptors (Lipinski definition) is 3. The Bertz CT molecular complexity index is 1170. The van der Waals surface area contributed by atoms with Crippen molar-refractivity contribution in [1.82, 2.24) is 9.47 Å². The van der Waals surface area contributed by atoms with E-state index in [0.29, 0.717) is 5.78 Å². The van der Waals surface area contributed by atoms with Crippen molar-refractivity contribution in [3.63, 3.8) is 0 Å². The van der Waals surface area contributed by atoms with Crippen LogP contribution >= 0.6 is 0 Å². The van der Waals surface area contributed by atoms with Gasteiger partial charge >= 0.3 is 0 Å². The predicted molar refractivity (Wildman–Crippen MR) is 141 cm³/mol. The van der Waals surface area contributed by atoms with Crippen molar-refractivity contribution in [2.24, 2.45) is 11.8 Å². The lowest BCUT2D eigenvalue weighted by Gasteiger charge is -2.39. The van der Waals surface area contributed by atoms with Crippen LogP contribution in [0.2, 0.25) is 0 Å². The van der Waals surface area contributed by atoms with E-state index in [1.54, 1.807) is 7.11 Å². The Balaban J connectivity index is 1.09. The van der Waals surface area contributed by atoms with Crippen LogP contribution in [0.3, 0.4) is 0 Å². The van der Waals surface area contributed by atoms with Crippen LogP contribution in [0.1, 0.15) is 67.3 Å². The third kappa shape index (κ3) is 4.65. The molecule has 2 aliphatic heterocycles. The normalized spacial score (nSPS) is 24.2. The summed E-state index contributed by atoms with van der Waals surface area (Å²) in [5, 5.41) is 1.06. The number of fused-ring (bicyclic) bond motifs is 3. The van der Waals surface area contributed by atoms with E-state index in [4.69, 9.17) is 4.74 Å². The highest BCUT2D eigenvalue weighted by Gasteiger charge is 2.40. The van der Waals surface area contributed by atoms with Gasteiger partial charge in [0.05, 0.1) is 12.6 Å². The number of nitrogens with zero attached hydrogens (tertiary/aromatic N) is 2.